The number of amides is 1. The summed E-state index contributed by atoms with van der Waals surface area (Å²) in [6, 6.07) is 11.0. The Bertz CT molecular complexity index is 663. The van der Waals surface area contributed by atoms with Crippen LogP contribution in [0.2, 0.25) is 0 Å². The lowest BCUT2D eigenvalue weighted by Crippen LogP contribution is -3.00. The van der Waals surface area contributed by atoms with E-state index in [0.717, 1.165) is 5.56 Å². The van der Waals surface area contributed by atoms with Gasteiger partial charge in [0.2, 0.25) is 6.54 Å². The van der Waals surface area contributed by atoms with Gasteiger partial charge in [0, 0.05) is 23.8 Å². The molecule has 1 N–H and O–H groups in total. The molecular weight excluding hydrogens is 318 g/mol. The minimum Gasteiger partial charge on any atom is -1.00 e. The summed E-state index contributed by atoms with van der Waals surface area (Å²) in [5.41, 5.74) is 3.23. The van der Waals surface area contributed by atoms with E-state index in [2.05, 4.69) is 10.5 Å². The van der Waals surface area contributed by atoms with Gasteiger partial charge in [-0.25, -0.2) is 5.43 Å². The first kappa shape index (κ1) is 18.4. The molecule has 0 aliphatic carbocycles. The highest BCUT2D eigenvalue weighted by Gasteiger charge is 2.07. The third-order valence-corrected chi connectivity index (χ3v) is 2.94. The summed E-state index contributed by atoms with van der Waals surface area (Å²) in [4.78, 5) is 11.8. The van der Waals surface area contributed by atoms with Gasteiger partial charge in [-0.1, -0.05) is 6.07 Å². The van der Waals surface area contributed by atoms with Crippen LogP contribution in [0.25, 0.3) is 0 Å². The highest BCUT2D eigenvalue weighted by Crippen LogP contribution is 2.22. The van der Waals surface area contributed by atoms with Crippen LogP contribution in [0.4, 0.5) is 0 Å². The van der Waals surface area contributed by atoms with Crippen LogP contribution in [-0.2, 0) is 11.3 Å². The number of carbonyl (C=O) groups is 1. The highest BCUT2D eigenvalue weighted by molar-refractivity contribution is 5.85. The Morgan fingerprint density at radius 2 is 1.96 bits per heavy atom. The van der Waals surface area contributed by atoms with Crippen molar-refractivity contribution in [3.8, 4) is 11.5 Å². The number of pyridine rings is 1. The number of hydrazone groups is 1. The zero-order valence-electron chi connectivity index (χ0n) is 12.9. The van der Waals surface area contributed by atoms with Crippen LogP contribution in [0.1, 0.15) is 5.56 Å². The second kappa shape index (κ2) is 9.42. The second-order valence-electron chi connectivity index (χ2n) is 4.45. The van der Waals surface area contributed by atoms with Gasteiger partial charge in [0.25, 0.3) is 0 Å². The molecule has 0 aliphatic heterocycles. The van der Waals surface area contributed by atoms with Gasteiger partial charge in [0.15, 0.2) is 12.4 Å². The van der Waals surface area contributed by atoms with E-state index in [-0.39, 0.29) is 24.9 Å². The number of nitrogens with one attached hydrogen (secondary N) is 1. The van der Waals surface area contributed by atoms with Crippen LogP contribution in [0, 0.1) is 0 Å². The van der Waals surface area contributed by atoms with Crippen molar-refractivity contribution in [3.63, 3.8) is 0 Å². The number of ether oxygens (including phenoxy) is 2. The lowest BCUT2D eigenvalue weighted by atomic mass is 10.2. The third-order valence-electron chi connectivity index (χ3n) is 2.94. The molecule has 0 fully saturated rings. The Balaban J connectivity index is 0.00000264. The van der Waals surface area contributed by atoms with Crippen molar-refractivity contribution in [3.05, 3.63) is 54.4 Å². The summed E-state index contributed by atoms with van der Waals surface area (Å²) in [5, 5.41) is 3.94. The first-order valence-corrected chi connectivity index (χ1v) is 6.71. The summed E-state index contributed by atoms with van der Waals surface area (Å²) < 4.78 is 12.1. The van der Waals surface area contributed by atoms with Gasteiger partial charge >= 0.3 is 5.91 Å². The SMILES string of the molecule is COc1ccc(C=NNC(=O)C[n+]2ccccc2)c(OC)c1.[Cl-]. The van der Waals surface area contributed by atoms with E-state index in [9.17, 15) is 4.79 Å². The molecule has 122 valence electrons. The molecule has 0 aliphatic rings. The maximum Gasteiger partial charge on any atom is 0.305 e. The number of hydrogen-bond acceptors (Lipinski definition) is 4. The van der Waals surface area contributed by atoms with E-state index in [1.54, 1.807) is 37.0 Å². The largest absolute Gasteiger partial charge is 1.00 e. The molecule has 0 radical (unpaired) electrons. The predicted molar refractivity (Wildman–Crippen MR) is 81.9 cm³/mol. The van der Waals surface area contributed by atoms with E-state index >= 15 is 0 Å². The third kappa shape index (κ3) is 5.60. The van der Waals surface area contributed by atoms with E-state index in [1.165, 1.54) is 6.21 Å². The highest BCUT2D eigenvalue weighted by atomic mass is 35.5. The molecule has 1 amide bonds. The number of halogens is 1. The lowest BCUT2D eigenvalue weighted by Gasteiger charge is -2.06. The van der Waals surface area contributed by atoms with Crippen LogP contribution in [0.5, 0.6) is 11.5 Å². The fraction of sp³-hybridized carbons (Fsp3) is 0.188. The number of methoxy groups -OCH3 is 2. The molecule has 7 heteroatoms. The van der Waals surface area contributed by atoms with Crippen molar-refractivity contribution >= 4 is 12.1 Å². The van der Waals surface area contributed by atoms with Crippen molar-refractivity contribution in [1.29, 1.82) is 0 Å². The van der Waals surface area contributed by atoms with Gasteiger partial charge in [0.1, 0.15) is 11.5 Å². The van der Waals surface area contributed by atoms with Crippen molar-refractivity contribution in [2.75, 3.05) is 14.2 Å². The van der Waals surface area contributed by atoms with Gasteiger partial charge in [0.05, 0.1) is 20.4 Å². The van der Waals surface area contributed by atoms with Crippen LogP contribution < -0.4 is 31.9 Å². The number of hydrogen-bond donors (Lipinski definition) is 1. The van der Waals surface area contributed by atoms with E-state index in [1.807, 2.05) is 30.6 Å². The summed E-state index contributed by atoms with van der Waals surface area (Å²) in [5.74, 6) is 1.10. The van der Waals surface area contributed by atoms with Gasteiger partial charge < -0.3 is 21.9 Å². The zero-order chi connectivity index (χ0) is 15.8. The van der Waals surface area contributed by atoms with Gasteiger partial charge in [-0.2, -0.15) is 9.67 Å². The second-order valence-corrected chi connectivity index (χ2v) is 4.45. The molecule has 2 aromatic rings. The molecule has 6 nitrogen and oxygen atoms in total. The first-order valence-electron chi connectivity index (χ1n) is 6.71. The van der Waals surface area contributed by atoms with Crippen molar-refractivity contribution < 1.29 is 31.2 Å². The van der Waals surface area contributed by atoms with Crippen LogP contribution in [0.3, 0.4) is 0 Å². The summed E-state index contributed by atoms with van der Waals surface area (Å²) in [6.45, 7) is 0.206. The maximum atomic E-state index is 11.8. The van der Waals surface area contributed by atoms with Gasteiger partial charge in [-0.05, 0) is 12.1 Å². The van der Waals surface area contributed by atoms with E-state index in [4.69, 9.17) is 9.47 Å². The standard InChI is InChI=1S/C16H17N3O3.ClH/c1-21-14-7-6-13(15(10-14)22-2)11-17-18-16(20)12-19-8-4-3-5-9-19;/h3-11H,12H2,1-2H3;1H. The molecule has 1 aromatic heterocycles. The average molecular weight is 336 g/mol. The topological polar surface area (TPSA) is 63.8 Å². The van der Waals surface area contributed by atoms with E-state index < -0.39 is 0 Å². The fourth-order valence-electron chi connectivity index (χ4n) is 1.84. The Labute approximate surface area is 141 Å². The molecule has 23 heavy (non-hydrogen) atoms. The molecule has 0 saturated heterocycles. The monoisotopic (exact) mass is 335 g/mol. The normalized spacial score (nSPS) is 10.0. The Morgan fingerprint density at radius 1 is 1.22 bits per heavy atom. The number of carbonyl (C=O) groups excluding carboxylic acids is 1. The molecule has 2 rings (SSSR count). The average Bonchev–Trinajstić information content (AvgIpc) is 2.56. The van der Waals surface area contributed by atoms with Crippen molar-refractivity contribution in [2.45, 2.75) is 6.54 Å². The maximum absolute atomic E-state index is 11.8. The van der Waals surface area contributed by atoms with E-state index in [0.29, 0.717) is 11.5 Å². The van der Waals surface area contributed by atoms with Gasteiger partial charge in [-0.15, -0.1) is 0 Å². The summed E-state index contributed by atoms with van der Waals surface area (Å²) in [7, 11) is 3.15. The molecule has 1 aromatic carbocycles. The Kier molecular flexibility index (Phi) is 7.56. The minimum atomic E-state index is -0.208. The lowest BCUT2D eigenvalue weighted by molar-refractivity contribution is -0.684. The smallest absolute Gasteiger partial charge is 0.305 e. The fourth-order valence-corrected chi connectivity index (χ4v) is 1.84. The van der Waals surface area contributed by atoms with Crippen LogP contribution >= 0.6 is 0 Å². The predicted octanol–water partition coefficient (Wildman–Crippen LogP) is -1.85. The van der Waals surface area contributed by atoms with Gasteiger partial charge in [-0.3, -0.25) is 4.79 Å². The number of rotatable bonds is 6. The quantitative estimate of drug-likeness (QED) is 0.383. The minimum absolute atomic E-state index is 0. The molecule has 0 unspecified atom stereocenters. The Morgan fingerprint density at radius 3 is 2.61 bits per heavy atom. The molecule has 0 saturated carbocycles. The van der Waals surface area contributed by atoms with Crippen LogP contribution in [0.15, 0.2) is 53.9 Å². The molecular formula is C16H18ClN3O3. The molecule has 1 heterocycles. The van der Waals surface area contributed by atoms with Crippen molar-refractivity contribution in [1.82, 2.24) is 5.43 Å². The van der Waals surface area contributed by atoms with Crippen molar-refractivity contribution in [2.24, 2.45) is 5.10 Å². The number of aromatic nitrogens is 1. The number of nitrogens with zero attached hydrogens (tertiary/aromatic N) is 2. The zero-order valence-corrected chi connectivity index (χ0v) is 13.7. The summed E-state index contributed by atoms with van der Waals surface area (Å²) in [6.07, 6.45) is 5.16. The number of benzene rings is 1. The molecule has 0 spiro atoms. The first-order chi connectivity index (χ1) is 10.7. The summed E-state index contributed by atoms with van der Waals surface area (Å²) >= 11 is 0. The Hall–Kier alpha value is -2.60. The molecule has 0 atom stereocenters. The molecule has 0 bridgehead atoms. The van der Waals surface area contributed by atoms with Crippen LogP contribution in [-0.4, -0.2) is 26.3 Å².